The van der Waals surface area contributed by atoms with E-state index >= 15 is 0 Å². The molecule has 3 atom stereocenters. The highest BCUT2D eigenvalue weighted by molar-refractivity contribution is 6.09. The van der Waals surface area contributed by atoms with Crippen molar-refractivity contribution >= 4 is 17.9 Å². The molecule has 2 aromatic carbocycles. The lowest BCUT2D eigenvalue weighted by atomic mass is 10.0. The summed E-state index contributed by atoms with van der Waals surface area (Å²) in [5.74, 6) is -6.36. The van der Waals surface area contributed by atoms with E-state index in [1.165, 1.54) is 11.0 Å². The Morgan fingerprint density at radius 3 is 2.40 bits per heavy atom. The quantitative estimate of drug-likeness (QED) is 0.183. The lowest BCUT2D eigenvalue weighted by Gasteiger charge is -2.25. The fourth-order valence-corrected chi connectivity index (χ4v) is 4.82. The topological polar surface area (TPSA) is 155 Å². The van der Waals surface area contributed by atoms with Crippen LogP contribution in [0.1, 0.15) is 63.7 Å². The molecule has 47 heavy (non-hydrogen) atoms. The number of nitrogens with one attached hydrogen (secondary N) is 3. The van der Waals surface area contributed by atoms with Crippen molar-refractivity contribution in [1.29, 1.82) is 0 Å². The Balaban J connectivity index is 0.000000228. The van der Waals surface area contributed by atoms with Crippen LogP contribution in [0, 0.1) is 29.1 Å². The minimum absolute atomic E-state index is 0.120. The SMILES string of the molecule is CC(C)(C)OC(N)=O.Fc1ccc(F)c(C2CCCCO2)c1.O=C(NCc1cc(F)cc(F)c1F)C1(O)CCN(C2C=CNN2)C1=O. The van der Waals surface area contributed by atoms with Crippen molar-refractivity contribution in [2.45, 2.75) is 76.5 Å². The number of ether oxygens (including phenoxy) is 2. The number of carbonyl (C=O) groups excluding carboxylic acids is 3. The molecule has 3 amide bonds. The molecule has 3 heterocycles. The van der Waals surface area contributed by atoms with Gasteiger partial charge in [0.25, 0.3) is 11.8 Å². The van der Waals surface area contributed by atoms with Gasteiger partial charge in [-0.1, -0.05) is 0 Å². The number of benzene rings is 2. The third-order valence-electron chi connectivity index (χ3n) is 7.03. The average molecular weight is 672 g/mol. The van der Waals surface area contributed by atoms with Crippen LogP contribution in [0.2, 0.25) is 0 Å². The molecule has 0 saturated carbocycles. The molecule has 0 bridgehead atoms. The smallest absolute Gasteiger partial charge is 0.405 e. The van der Waals surface area contributed by atoms with Crippen LogP contribution in [0.5, 0.6) is 0 Å². The number of hydrogen-bond acceptors (Lipinski definition) is 8. The van der Waals surface area contributed by atoms with Gasteiger partial charge in [0.2, 0.25) is 5.60 Å². The van der Waals surface area contributed by atoms with E-state index in [2.05, 4.69) is 20.9 Å². The predicted molar refractivity (Wildman–Crippen MR) is 158 cm³/mol. The van der Waals surface area contributed by atoms with Crippen LogP contribution < -0.4 is 21.9 Å². The van der Waals surface area contributed by atoms with Gasteiger partial charge in [0.1, 0.15) is 29.2 Å². The van der Waals surface area contributed by atoms with Gasteiger partial charge in [-0.2, -0.15) is 0 Å². The van der Waals surface area contributed by atoms with Crippen molar-refractivity contribution in [3.8, 4) is 0 Å². The van der Waals surface area contributed by atoms with Gasteiger partial charge in [-0.25, -0.2) is 32.2 Å². The van der Waals surface area contributed by atoms with Crippen molar-refractivity contribution in [2.24, 2.45) is 5.73 Å². The molecule has 5 rings (SSSR count). The second-order valence-electron chi connectivity index (χ2n) is 11.8. The number of hydrogen-bond donors (Lipinski definition) is 5. The summed E-state index contributed by atoms with van der Waals surface area (Å²) in [6.07, 6.45) is 4.34. The van der Waals surface area contributed by atoms with E-state index in [0.717, 1.165) is 37.5 Å². The lowest BCUT2D eigenvalue weighted by molar-refractivity contribution is -0.155. The zero-order valence-electron chi connectivity index (χ0n) is 26.0. The predicted octanol–water partition coefficient (Wildman–Crippen LogP) is 3.72. The Morgan fingerprint density at radius 2 is 1.83 bits per heavy atom. The van der Waals surface area contributed by atoms with Crippen LogP contribution in [-0.2, 0) is 25.6 Å². The number of nitrogens with two attached hydrogens (primary N) is 1. The van der Waals surface area contributed by atoms with Gasteiger partial charge in [0.15, 0.2) is 11.6 Å². The monoisotopic (exact) mass is 671 g/mol. The molecule has 0 aliphatic carbocycles. The van der Waals surface area contributed by atoms with Crippen LogP contribution >= 0.6 is 0 Å². The maximum atomic E-state index is 13.6. The van der Waals surface area contributed by atoms with Crippen LogP contribution in [-0.4, -0.2) is 58.4 Å². The molecular formula is C31H38F5N5O6. The molecule has 2 aromatic rings. The van der Waals surface area contributed by atoms with E-state index in [0.29, 0.717) is 18.2 Å². The van der Waals surface area contributed by atoms with E-state index < -0.39 is 70.7 Å². The molecule has 16 heteroatoms. The number of halogens is 5. The number of carbonyl (C=O) groups is 3. The molecule has 0 spiro atoms. The van der Waals surface area contributed by atoms with Gasteiger partial charge >= 0.3 is 6.09 Å². The highest BCUT2D eigenvalue weighted by atomic mass is 19.2. The maximum Gasteiger partial charge on any atom is 0.405 e. The van der Waals surface area contributed by atoms with E-state index in [4.69, 9.17) is 10.5 Å². The van der Waals surface area contributed by atoms with Gasteiger partial charge < -0.3 is 36.0 Å². The fourth-order valence-electron chi connectivity index (χ4n) is 4.82. The molecule has 6 N–H and O–H groups in total. The van der Waals surface area contributed by atoms with Crippen LogP contribution in [0.25, 0.3) is 0 Å². The zero-order chi connectivity index (χ0) is 34.9. The van der Waals surface area contributed by atoms with Crippen LogP contribution in [0.3, 0.4) is 0 Å². The minimum atomic E-state index is -2.32. The van der Waals surface area contributed by atoms with E-state index in [-0.39, 0.29) is 24.9 Å². The molecule has 0 radical (unpaired) electrons. The normalized spacial score (nSPS) is 22.0. The van der Waals surface area contributed by atoms with Crippen molar-refractivity contribution in [1.82, 2.24) is 21.1 Å². The summed E-state index contributed by atoms with van der Waals surface area (Å²) in [6, 6.07) is 4.61. The van der Waals surface area contributed by atoms with Gasteiger partial charge in [-0.05, 0) is 70.4 Å². The van der Waals surface area contributed by atoms with E-state index in [9.17, 15) is 41.4 Å². The minimum Gasteiger partial charge on any atom is -0.444 e. The second kappa shape index (κ2) is 16.0. The van der Waals surface area contributed by atoms with Crippen molar-refractivity contribution in [3.63, 3.8) is 0 Å². The first-order valence-corrected chi connectivity index (χ1v) is 14.7. The van der Waals surface area contributed by atoms with E-state index in [1.54, 1.807) is 33.0 Å². The molecule has 2 fully saturated rings. The Bertz CT molecular complexity index is 1470. The van der Waals surface area contributed by atoms with Gasteiger partial charge in [-0.3, -0.25) is 9.59 Å². The molecule has 3 unspecified atom stereocenters. The summed E-state index contributed by atoms with van der Waals surface area (Å²) in [5.41, 5.74) is 7.29. The molecule has 0 aromatic heterocycles. The molecule has 258 valence electrons. The number of primary amides is 1. The zero-order valence-corrected chi connectivity index (χ0v) is 26.0. The first kappa shape index (κ1) is 37.2. The molecular weight excluding hydrogens is 633 g/mol. The Kier molecular flexibility index (Phi) is 12.7. The number of amides is 3. The van der Waals surface area contributed by atoms with E-state index in [1.807, 2.05) is 0 Å². The second-order valence-corrected chi connectivity index (χ2v) is 11.8. The van der Waals surface area contributed by atoms with Crippen molar-refractivity contribution < 1.29 is 50.9 Å². The summed E-state index contributed by atoms with van der Waals surface area (Å²) in [4.78, 5) is 35.9. The number of nitrogens with zero attached hydrogens (tertiary/aromatic N) is 1. The summed E-state index contributed by atoms with van der Waals surface area (Å²) >= 11 is 0. The maximum absolute atomic E-state index is 13.6. The highest BCUT2D eigenvalue weighted by Gasteiger charge is 2.52. The molecule has 11 nitrogen and oxygen atoms in total. The summed E-state index contributed by atoms with van der Waals surface area (Å²) < 4.78 is 76.1. The van der Waals surface area contributed by atoms with Crippen molar-refractivity contribution in [2.75, 3.05) is 13.2 Å². The Morgan fingerprint density at radius 1 is 1.11 bits per heavy atom. The first-order chi connectivity index (χ1) is 22.0. The van der Waals surface area contributed by atoms with Gasteiger partial charge in [0, 0.05) is 49.5 Å². The first-order valence-electron chi connectivity index (χ1n) is 14.7. The Hall–Kier alpha value is -4.28. The lowest BCUT2D eigenvalue weighted by Crippen LogP contribution is -2.55. The van der Waals surface area contributed by atoms with Gasteiger partial charge in [0.05, 0.1) is 6.10 Å². The van der Waals surface area contributed by atoms with Gasteiger partial charge in [-0.15, -0.1) is 0 Å². The largest absolute Gasteiger partial charge is 0.444 e. The Labute approximate surface area is 268 Å². The van der Waals surface area contributed by atoms with Crippen LogP contribution in [0.15, 0.2) is 42.6 Å². The average Bonchev–Trinajstić information content (AvgIpc) is 3.63. The summed E-state index contributed by atoms with van der Waals surface area (Å²) in [7, 11) is 0. The standard InChI is InChI=1S/C15H15F3N4O3.C11H12F2O.C5H11NO2/c16-9-5-8(12(18)10(17)6-9)7-19-13(23)15(25)2-4-22(14(15)24)11-1-3-20-21-11;12-8-4-5-10(13)9(7-8)11-3-1-2-6-14-11;1-5(2,3)8-4(6)7/h1,3,5-6,11,20-21,25H,2,4,7H2,(H,19,23);4-5,7,11H,1-3,6H2;1-3H3,(H2,6,7). The number of likely N-dealkylation sites (tertiary alicyclic amines) is 1. The summed E-state index contributed by atoms with van der Waals surface area (Å²) in [6.45, 7) is 5.47. The number of hydrazine groups is 1. The number of rotatable bonds is 5. The molecule has 2 saturated heterocycles. The summed E-state index contributed by atoms with van der Waals surface area (Å²) in [5, 5.41) is 12.6. The number of aliphatic hydroxyl groups is 1. The fraction of sp³-hybridized carbons (Fsp3) is 0.452. The highest BCUT2D eigenvalue weighted by Crippen LogP contribution is 2.30. The molecule has 3 aliphatic heterocycles. The third-order valence-corrected chi connectivity index (χ3v) is 7.03. The van der Waals surface area contributed by atoms with Crippen molar-refractivity contribution in [3.05, 3.63) is 82.8 Å². The third kappa shape index (κ3) is 10.4. The molecule has 3 aliphatic rings. The van der Waals surface area contributed by atoms with Crippen LogP contribution in [0.4, 0.5) is 26.7 Å².